The molecule has 0 fully saturated rings. The van der Waals surface area contributed by atoms with Gasteiger partial charge < -0.3 is 9.47 Å². The Morgan fingerprint density at radius 3 is 1.22 bits per heavy atom. The summed E-state index contributed by atoms with van der Waals surface area (Å²) in [5.74, 6) is 0. The Morgan fingerprint density at radius 2 is 0.963 bits per heavy atom. The molecule has 2 nitrogen and oxygen atoms in total. The third-order valence-corrected chi connectivity index (χ3v) is 3.53. The monoisotopic (exact) mass is 486 g/mol. The van der Waals surface area contributed by atoms with Crippen LogP contribution in [0.25, 0.3) is 0 Å². The first-order chi connectivity index (χ1) is 12.9. The molecule has 2 rings (SSSR count). The fraction of sp³-hybridized carbons (Fsp3) is 0.400. The molecule has 0 unspecified atom stereocenters. The first-order valence-electron chi connectivity index (χ1n) is 8.95. The van der Waals surface area contributed by atoms with E-state index in [1.165, 1.54) is 11.1 Å². The van der Waals surface area contributed by atoms with E-state index in [1.54, 1.807) is 0 Å². The van der Waals surface area contributed by atoms with Crippen molar-refractivity contribution < 1.29 is 21.8 Å². The van der Waals surface area contributed by atoms with Crippen molar-refractivity contribution >= 4 is 37.2 Å². The summed E-state index contributed by atoms with van der Waals surface area (Å²) in [6, 6.07) is 20.8. The summed E-state index contributed by atoms with van der Waals surface area (Å²) < 4.78 is 12.3. The number of hydrogen-bond donors (Lipinski definition) is 0. The van der Waals surface area contributed by atoms with Crippen LogP contribution in [0, 0.1) is 0 Å². The van der Waals surface area contributed by atoms with Crippen molar-refractivity contribution in [3.8, 4) is 0 Å². The van der Waals surface area contributed by atoms with Crippen LogP contribution in [0.15, 0.2) is 60.7 Å². The fourth-order valence-electron chi connectivity index (χ4n) is 2.49. The molecule has 7 heteroatoms. The third-order valence-electron chi connectivity index (χ3n) is 3.53. The summed E-state index contributed by atoms with van der Waals surface area (Å²) in [4.78, 5) is 0. The van der Waals surface area contributed by atoms with Gasteiger partial charge in [-0.25, -0.2) is 0 Å². The second kappa shape index (κ2) is 14.3. The average molecular weight is 488 g/mol. The van der Waals surface area contributed by atoms with E-state index >= 15 is 0 Å². The van der Waals surface area contributed by atoms with Crippen molar-refractivity contribution in [1.82, 2.24) is 0 Å². The van der Waals surface area contributed by atoms with Crippen LogP contribution in [0.1, 0.15) is 50.0 Å². The Kier molecular flexibility index (Phi) is 13.3. The number of benzene rings is 2. The van der Waals surface area contributed by atoms with Crippen molar-refractivity contribution in [3.05, 3.63) is 71.8 Å². The van der Waals surface area contributed by atoms with Crippen LogP contribution in [0.5, 0.6) is 0 Å². The van der Waals surface area contributed by atoms with Gasteiger partial charge in [0.15, 0.2) is 0 Å². The molecule has 0 aromatic heterocycles. The summed E-state index contributed by atoms with van der Waals surface area (Å²) in [5.41, 5.74) is 2.34. The van der Waals surface area contributed by atoms with Gasteiger partial charge in [0.2, 0.25) is 0 Å². The van der Waals surface area contributed by atoms with Gasteiger partial charge in [0, 0.05) is 13.2 Å². The molecule has 0 aliphatic heterocycles. The fourth-order valence-corrected chi connectivity index (χ4v) is 2.49. The second-order valence-electron chi connectivity index (χ2n) is 5.83. The van der Waals surface area contributed by atoms with Crippen LogP contribution >= 0.6 is 37.2 Å². The zero-order chi connectivity index (χ0) is 20.1. The molecule has 0 heterocycles. The van der Waals surface area contributed by atoms with Gasteiger partial charge in [-0.1, -0.05) is 74.5 Å². The van der Waals surface area contributed by atoms with Crippen LogP contribution in [-0.4, -0.2) is 13.2 Å². The van der Waals surface area contributed by atoms with Gasteiger partial charge in [0.1, 0.15) is 12.2 Å². The Labute approximate surface area is 181 Å². The number of hydrogen-bond acceptors (Lipinski definition) is 2. The predicted molar refractivity (Wildman–Crippen MR) is 114 cm³/mol. The average Bonchev–Trinajstić information content (AvgIpc) is 2.64. The molecule has 0 aliphatic rings. The predicted octanol–water partition coefficient (Wildman–Crippen LogP) is 8.08. The third kappa shape index (κ3) is 11.7. The Bertz CT molecular complexity index is 553. The standard InChI is InChI=1S/C20H26O2.4ClH.Ti/c1-3-15-21-19(17-11-7-5-8-12-17)20(22-16-4-2)18-13-9-6-10-14-18;;;;;/h5-14,19-20H,3-4,15-16H2,1-2H3;4*1H;/q;;;;;+4/p-4/t19-,20-;;;;;/m1...../s1. The minimum absolute atomic E-state index is 0.0740. The van der Waals surface area contributed by atoms with Gasteiger partial charge in [-0.3, -0.25) is 0 Å². The minimum atomic E-state index is -3.11. The van der Waals surface area contributed by atoms with Gasteiger partial charge in [0.25, 0.3) is 0 Å². The molecule has 0 amide bonds. The molecule has 0 N–H and O–H groups in total. The molecule has 0 radical (unpaired) electrons. The Hall–Kier alpha value is 0.234. The van der Waals surface area contributed by atoms with E-state index in [2.05, 4.69) is 62.4 Å². The van der Waals surface area contributed by atoms with Gasteiger partial charge in [-0.15, -0.1) is 0 Å². The summed E-state index contributed by atoms with van der Waals surface area (Å²) in [7, 11) is 20.1. The normalized spacial score (nSPS) is 13.4. The zero-order valence-corrected chi connectivity index (χ0v) is 20.2. The molecular weight excluding hydrogens is 462 g/mol. The van der Waals surface area contributed by atoms with Crippen molar-refractivity contribution in [2.45, 2.75) is 38.9 Å². The van der Waals surface area contributed by atoms with Crippen molar-refractivity contribution in [2.24, 2.45) is 0 Å². The first kappa shape index (κ1) is 25.3. The van der Waals surface area contributed by atoms with Crippen LogP contribution in [0.4, 0.5) is 0 Å². The van der Waals surface area contributed by atoms with Gasteiger partial charge in [-0.2, -0.15) is 0 Å². The zero-order valence-electron chi connectivity index (χ0n) is 15.6. The van der Waals surface area contributed by atoms with E-state index in [0.29, 0.717) is 0 Å². The van der Waals surface area contributed by atoms with Gasteiger partial charge >= 0.3 is 49.6 Å². The molecule has 0 saturated carbocycles. The van der Waals surface area contributed by atoms with Crippen molar-refractivity contribution in [3.63, 3.8) is 0 Å². The first-order valence-corrected chi connectivity index (χ1v) is 17.5. The quantitative estimate of drug-likeness (QED) is 0.333. The maximum absolute atomic E-state index is 6.17. The van der Waals surface area contributed by atoms with E-state index in [0.717, 1.165) is 26.1 Å². The molecule has 27 heavy (non-hydrogen) atoms. The molecule has 2 atom stereocenters. The summed E-state index contributed by atoms with van der Waals surface area (Å²) in [6.07, 6.45) is 1.85. The number of rotatable bonds is 9. The Morgan fingerprint density at radius 1 is 0.667 bits per heavy atom. The topological polar surface area (TPSA) is 18.5 Å². The van der Waals surface area contributed by atoms with Crippen LogP contribution in [-0.2, 0) is 21.8 Å². The van der Waals surface area contributed by atoms with Crippen molar-refractivity contribution in [2.75, 3.05) is 13.2 Å². The second-order valence-corrected chi connectivity index (χ2v) is 21.3. The molecule has 150 valence electrons. The van der Waals surface area contributed by atoms with Gasteiger partial charge in [-0.05, 0) is 24.0 Å². The number of halogens is 4. The number of ether oxygens (including phenoxy) is 2. The molecule has 0 saturated heterocycles. The van der Waals surface area contributed by atoms with Gasteiger partial charge in [0.05, 0.1) is 0 Å². The summed E-state index contributed by atoms with van der Waals surface area (Å²) in [5, 5.41) is 0. The van der Waals surface area contributed by atoms with E-state index in [1.807, 2.05) is 12.1 Å². The molecule has 0 aliphatic carbocycles. The summed E-state index contributed by atoms with van der Waals surface area (Å²) in [6.45, 7) is 5.73. The van der Waals surface area contributed by atoms with Crippen molar-refractivity contribution in [1.29, 1.82) is 0 Å². The van der Waals surface area contributed by atoms with Crippen LogP contribution in [0.2, 0.25) is 0 Å². The van der Waals surface area contributed by atoms with E-state index < -0.39 is 12.3 Å². The van der Waals surface area contributed by atoms with E-state index in [-0.39, 0.29) is 12.2 Å². The SMILES string of the molecule is CCCO[C@H](c1ccccc1)[C@H](OCCC)c1ccccc1.[Cl][Ti]([Cl])([Cl])[Cl]. The maximum atomic E-state index is 6.17. The molecule has 0 bridgehead atoms. The van der Waals surface area contributed by atoms with Crippen LogP contribution < -0.4 is 0 Å². The van der Waals surface area contributed by atoms with E-state index in [4.69, 9.17) is 46.7 Å². The summed E-state index contributed by atoms with van der Waals surface area (Å²) >= 11 is -3.11. The Balaban J connectivity index is 0.000000646. The van der Waals surface area contributed by atoms with Crippen LogP contribution in [0.3, 0.4) is 0 Å². The molecule has 2 aromatic carbocycles. The molecular formula is C20H26Cl4O2Ti. The molecule has 2 aromatic rings. The molecule has 0 spiro atoms. The van der Waals surface area contributed by atoms with E-state index in [9.17, 15) is 0 Å².